The molecule has 7 nitrogen and oxygen atoms in total. The summed E-state index contributed by atoms with van der Waals surface area (Å²) in [4.78, 5) is 15.6. The summed E-state index contributed by atoms with van der Waals surface area (Å²) < 4.78 is 10.3. The van der Waals surface area contributed by atoms with E-state index < -0.39 is 0 Å². The molecule has 0 fully saturated rings. The Labute approximate surface area is 116 Å². The Bertz CT molecular complexity index is 589. The van der Waals surface area contributed by atoms with E-state index in [2.05, 4.69) is 20.5 Å². The first-order valence-corrected chi connectivity index (χ1v) is 6.05. The van der Waals surface area contributed by atoms with E-state index in [-0.39, 0.29) is 24.5 Å². The van der Waals surface area contributed by atoms with E-state index in [1.165, 1.54) is 7.11 Å². The number of aromatic amines is 1. The van der Waals surface area contributed by atoms with Gasteiger partial charge in [0, 0.05) is 0 Å². The third kappa shape index (κ3) is 3.25. The second kappa shape index (κ2) is 6.05. The minimum absolute atomic E-state index is 0.102. The molecule has 0 saturated carbocycles. The zero-order valence-corrected chi connectivity index (χ0v) is 11.6. The molecule has 0 aliphatic rings. The Hall–Kier alpha value is -2.57. The summed E-state index contributed by atoms with van der Waals surface area (Å²) in [7, 11) is 1.44. The fourth-order valence-electron chi connectivity index (χ4n) is 1.73. The highest BCUT2D eigenvalue weighted by molar-refractivity contribution is 5.90. The predicted molar refractivity (Wildman–Crippen MR) is 73.0 cm³/mol. The minimum atomic E-state index is -0.327. The molecule has 1 amide bonds. The molecule has 1 aromatic carbocycles. The predicted octanol–water partition coefficient (Wildman–Crippen LogP) is 1.45. The van der Waals surface area contributed by atoms with Crippen molar-refractivity contribution >= 4 is 11.9 Å². The van der Waals surface area contributed by atoms with Crippen molar-refractivity contribution in [1.29, 1.82) is 0 Å². The molecule has 0 aliphatic carbocycles. The van der Waals surface area contributed by atoms with E-state index in [0.29, 0.717) is 0 Å². The van der Waals surface area contributed by atoms with Crippen molar-refractivity contribution in [3.8, 4) is 11.8 Å². The van der Waals surface area contributed by atoms with Gasteiger partial charge in [0.25, 0.3) is 5.91 Å². The number of para-hydroxylation sites is 1. The lowest BCUT2D eigenvalue weighted by Crippen LogP contribution is -2.21. The number of nitrogens with one attached hydrogen (secondary N) is 2. The summed E-state index contributed by atoms with van der Waals surface area (Å²) in [6.45, 7) is 3.76. The maximum absolute atomic E-state index is 11.7. The van der Waals surface area contributed by atoms with Crippen LogP contribution in [0.2, 0.25) is 0 Å². The van der Waals surface area contributed by atoms with Crippen LogP contribution in [0.25, 0.3) is 0 Å². The van der Waals surface area contributed by atoms with Gasteiger partial charge in [0.15, 0.2) is 6.61 Å². The van der Waals surface area contributed by atoms with E-state index in [4.69, 9.17) is 9.47 Å². The van der Waals surface area contributed by atoms with Gasteiger partial charge >= 0.3 is 6.01 Å². The molecule has 1 heterocycles. The van der Waals surface area contributed by atoms with Crippen molar-refractivity contribution in [3.05, 3.63) is 29.3 Å². The van der Waals surface area contributed by atoms with Crippen LogP contribution in [0, 0.1) is 13.8 Å². The molecule has 7 heteroatoms. The highest BCUT2D eigenvalue weighted by Gasteiger charge is 2.10. The molecule has 20 heavy (non-hydrogen) atoms. The van der Waals surface area contributed by atoms with Crippen LogP contribution < -0.4 is 14.8 Å². The average molecular weight is 276 g/mol. The maximum Gasteiger partial charge on any atom is 0.336 e. The Morgan fingerprint density at radius 1 is 1.35 bits per heavy atom. The lowest BCUT2D eigenvalue weighted by atomic mass is 10.1. The normalized spacial score (nSPS) is 10.2. The fraction of sp³-hybridized carbons (Fsp3) is 0.308. The summed E-state index contributed by atoms with van der Waals surface area (Å²) in [5, 5.41) is 8.79. The Balaban J connectivity index is 1.92. The van der Waals surface area contributed by atoms with E-state index in [0.717, 1.165) is 16.9 Å². The Kier molecular flexibility index (Phi) is 4.19. The Morgan fingerprint density at radius 3 is 2.65 bits per heavy atom. The van der Waals surface area contributed by atoms with E-state index in [1.807, 2.05) is 32.0 Å². The van der Waals surface area contributed by atoms with Crippen LogP contribution in [0.1, 0.15) is 11.1 Å². The number of amides is 1. The third-order valence-corrected chi connectivity index (χ3v) is 2.66. The molecule has 0 radical (unpaired) electrons. The first kappa shape index (κ1) is 13.9. The number of H-pyrrole nitrogens is 1. The summed E-state index contributed by atoms with van der Waals surface area (Å²) >= 11 is 0. The van der Waals surface area contributed by atoms with Crippen molar-refractivity contribution in [2.45, 2.75) is 13.8 Å². The first-order chi connectivity index (χ1) is 9.60. The van der Waals surface area contributed by atoms with Gasteiger partial charge in [-0.05, 0) is 25.0 Å². The highest BCUT2D eigenvalue weighted by atomic mass is 16.5. The lowest BCUT2D eigenvalue weighted by molar-refractivity contribution is -0.118. The molecule has 0 saturated heterocycles. The first-order valence-electron chi connectivity index (χ1n) is 6.05. The molecule has 106 valence electrons. The SMILES string of the molecule is COc1n[nH]c(NC(=O)COc2c(C)cccc2C)n1. The fourth-order valence-corrected chi connectivity index (χ4v) is 1.73. The van der Waals surface area contributed by atoms with Crippen LogP contribution in [0.3, 0.4) is 0 Å². The number of aryl methyl sites for hydroxylation is 2. The number of ether oxygens (including phenoxy) is 2. The highest BCUT2D eigenvalue weighted by Crippen LogP contribution is 2.22. The van der Waals surface area contributed by atoms with Crippen LogP contribution in [0.5, 0.6) is 11.8 Å². The monoisotopic (exact) mass is 276 g/mol. The van der Waals surface area contributed by atoms with Crippen molar-refractivity contribution in [2.24, 2.45) is 0 Å². The second-order valence-corrected chi connectivity index (χ2v) is 4.23. The maximum atomic E-state index is 11.7. The van der Waals surface area contributed by atoms with Gasteiger partial charge in [-0.2, -0.15) is 4.98 Å². The molecule has 2 N–H and O–H groups in total. The topological polar surface area (TPSA) is 89.1 Å². The number of hydrogen-bond acceptors (Lipinski definition) is 5. The summed E-state index contributed by atoms with van der Waals surface area (Å²) in [5.74, 6) is 0.612. The number of anilines is 1. The van der Waals surface area contributed by atoms with E-state index in [1.54, 1.807) is 0 Å². The number of aromatic nitrogens is 3. The van der Waals surface area contributed by atoms with Gasteiger partial charge in [0.1, 0.15) is 5.75 Å². The number of benzene rings is 1. The number of carbonyl (C=O) groups is 1. The minimum Gasteiger partial charge on any atom is -0.483 e. The molecule has 2 rings (SSSR count). The number of hydrogen-bond donors (Lipinski definition) is 2. The van der Waals surface area contributed by atoms with Gasteiger partial charge in [-0.15, -0.1) is 5.10 Å². The molecule has 0 bridgehead atoms. The van der Waals surface area contributed by atoms with Gasteiger partial charge < -0.3 is 9.47 Å². The molecular formula is C13H16N4O3. The van der Waals surface area contributed by atoms with Gasteiger partial charge in [-0.3, -0.25) is 10.1 Å². The smallest absolute Gasteiger partial charge is 0.336 e. The van der Waals surface area contributed by atoms with Crippen LogP contribution in [0.4, 0.5) is 5.95 Å². The summed E-state index contributed by atoms with van der Waals surface area (Å²) in [6, 6.07) is 5.97. The summed E-state index contributed by atoms with van der Waals surface area (Å²) in [5.41, 5.74) is 1.97. The molecule has 0 unspecified atom stereocenters. The van der Waals surface area contributed by atoms with E-state index in [9.17, 15) is 4.79 Å². The molecule has 0 spiro atoms. The van der Waals surface area contributed by atoms with Gasteiger partial charge in [-0.1, -0.05) is 18.2 Å². The molecule has 0 aliphatic heterocycles. The molecular weight excluding hydrogens is 260 g/mol. The van der Waals surface area contributed by atoms with Crippen LogP contribution >= 0.6 is 0 Å². The quantitative estimate of drug-likeness (QED) is 0.862. The van der Waals surface area contributed by atoms with Crippen LogP contribution in [-0.2, 0) is 4.79 Å². The average Bonchev–Trinajstić information content (AvgIpc) is 2.86. The third-order valence-electron chi connectivity index (χ3n) is 2.66. The number of methoxy groups -OCH3 is 1. The number of nitrogens with zero attached hydrogens (tertiary/aromatic N) is 2. The van der Waals surface area contributed by atoms with Crippen molar-refractivity contribution in [2.75, 3.05) is 19.0 Å². The number of carbonyl (C=O) groups excluding carboxylic acids is 1. The number of rotatable bonds is 5. The van der Waals surface area contributed by atoms with Crippen LogP contribution in [-0.4, -0.2) is 34.8 Å². The van der Waals surface area contributed by atoms with E-state index >= 15 is 0 Å². The zero-order chi connectivity index (χ0) is 14.5. The lowest BCUT2D eigenvalue weighted by Gasteiger charge is -2.11. The van der Waals surface area contributed by atoms with Gasteiger partial charge in [0.2, 0.25) is 5.95 Å². The zero-order valence-electron chi connectivity index (χ0n) is 11.6. The standard InChI is InChI=1S/C13H16N4O3/c1-8-5-4-6-9(2)11(8)20-7-10(18)14-12-15-13(19-3)17-16-12/h4-6H,7H2,1-3H3,(H2,14,15,16,17,18). The van der Waals surface area contributed by atoms with Crippen molar-refractivity contribution in [1.82, 2.24) is 15.2 Å². The van der Waals surface area contributed by atoms with Crippen molar-refractivity contribution in [3.63, 3.8) is 0 Å². The van der Waals surface area contributed by atoms with Crippen molar-refractivity contribution < 1.29 is 14.3 Å². The largest absolute Gasteiger partial charge is 0.483 e. The van der Waals surface area contributed by atoms with Gasteiger partial charge in [-0.25, -0.2) is 5.10 Å². The molecule has 0 atom stereocenters. The van der Waals surface area contributed by atoms with Gasteiger partial charge in [0.05, 0.1) is 7.11 Å². The second-order valence-electron chi connectivity index (χ2n) is 4.23. The Morgan fingerprint density at radius 2 is 2.05 bits per heavy atom. The summed E-state index contributed by atoms with van der Waals surface area (Å²) in [6.07, 6.45) is 0. The molecule has 2 aromatic rings. The molecule has 1 aromatic heterocycles. The van der Waals surface area contributed by atoms with Crippen LogP contribution in [0.15, 0.2) is 18.2 Å².